The Morgan fingerprint density at radius 1 is 1.31 bits per heavy atom. The number of primary amides is 1. The monoisotopic (exact) mass is 428 g/mol. The van der Waals surface area contributed by atoms with Gasteiger partial charge in [0, 0.05) is 32.2 Å². The van der Waals surface area contributed by atoms with Gasteiger partial charge in [-0.15, -0.1) is 0 Å². The van der Waals surface area contributed by atoms with E-state index in [0.717, 1.165) is 18.7 Å². The maximum atomic E-state index is 13.5. The van der Waals surface area contributed by atoms with Crippen molar-refractivity contribution in [2.75, 3.05) is 45.1 Å². The average Bonchev–Trinajstić information content (AvgIpc) is 2.67. The number of nitrogens with zero attached hydrogens (tertiary/aromatic N) is 2. The number of sulfonamides is 1. The minimum atomic E-state index is -3.47. The van der Waals surface area contributed by atoms with Gasteiger partial charge < -0.3 is 15.4 Å². The summed E-state index contributed by atoms with van der Waals surface area (Å²) in [5, 5.41) is 0. The minimum Gasteiger partial charge on any atom is -0.379 e. The third kappa shape index (κ3) is 5.88. The van der Waals surface area contributed by atoms with Gasteiger partial charge >= 0.3 is 6.03 Å². The summed E-state index contributed by atoms with van der Waals surface area (Å²) in [5.41, 5.74) is 7.02. The van der Waals surface area contributed by atoms with E-state index >= 15 is 0 Å². The molecule has 0 radical (unpaired) electrons. The molecule has 2 heterocycles. The van der Waals surface area contributed by atoms with Crippen LogP contribution in [0.3, 0.4) is 0 Å². The first-order valence-corrected chi connectivity index (χ1v) is 11.5. The molecule has 0 spiro atoms. The van der Waals surface area contributed by atoms with E-state index in [-0.39, 0.29) is 17.6 Å². The van der Waals surface area contributed by atoms with E-state index in [2.05, 4.69) is 9.62 Å². The number of aryl methyl sites for hydroxylation is 1. The SMILES string of the molecule is Cc1cc(F)ccc1C1CC(NS(=O)(=O)CCN2CCOCC2)CCN1C(N)=O. The zero-order chi connectivity index (χ0) is 21.0. The zero-order valence-corrected chi connectivity index (χ0v) is 17.5. The molecular weight excluding hydrogens is 399 g/mol. The second kappa shape index (κ2) is 9.38. The number of ether oxygens (including phenoxy) is 1. The number of nitrogens with one attached hydrogen (secondary N) is 1. The molecule has 162 valence electrons. The lowest BCUT2D eigenvalue weighted by atomic mass is 9.90. The lowest BCUT2D eigenvalue weighted by Crippen LogP contribution is -2.50. The van der Waals surface area contributed by atoms with Gasteiger partial charge in [-0.05, 0) is 43.0 Å². The minimum absolute atomic E-state index is 0.0171. The summed E-state index contributed by atoms with van der Waals surface area (Å²) < 4.78 is 46.7. The van der Waals surface area contributed by atoms with Crippen molar-refractivity contribution in [2.24, 2.45) is 5.73 Å². The average molecular weight is 429 g/mol. The van der Waals surface area contributed by atoms with Crippen LogP contribution in [0.1, 0.15) is 30.0 Å². The van der Waals surface area contributed by atoms with Crippen LogP contribution in [0.2, 0.25) is 0 Å². The first kappa shape index (κ1) is 21.9. The summed E-state index contributed by atoms with van der Waals surface area (Å²) in [6.45, 7) is 5.28. The molecular formula is C19H29FN4O4S. The summed E-state index contributed by atoms with van der Waals surface area (Å²) in [7, 11) is -3.47. The van der Waals surface area contributed by atoms with Crippen molar-refractivity contribution in [1.82, 2.24) is 14.5 Å². The highest BCUT2D eigenvalue weighted by Gasteiger charge is 2.34. The number of hydrogen-bond donors (Lipinski definition) is 2. The van der Waals surface area contributed by atoms with Crippen molar-refractivity contribution in [2.45, 2.75) is 31.8 Å². The molecule has 0 saturated carbocycles. The van der Waals surface area contributed by atoms with Crippen molar-refractivity contribution in [1.29, 1.82) is 0 Å². The van der Waals surface area contributed by atoms with Crippen LogP contribution in [0.25, 0.3) is 0 Å². The number of hydrogen-bond acceptors (Lipinski definition) is 5. The van der Waals surface area contributed by atoms with Gasteiger partial charge in [-0.2, -0.15) is 0 Å². The lowest BCUT2D eigenvalue weighted by Gasteiger charge is -2.39. The molecule has 2 unspecified atom stereocenters. The van der Waals surface area contributed by atoms with Crippen LogP contribution in [0.15, 0.2) is 18.2 Å². The van der Waals surface area contributed by atoms with E-state index in [1.807, 2.05) is 0 Å². The van der Waals surface area contributed by atoms with E-state index in [1.54, 1.807) is 13.0 Å². The topological polar surface area (TPSA) is 105 Å². The molecule has 10 heteroatoms. The largest absolute Gasteiger partial charge is 0.379 e. The summed E-state index contributed by atoms with van der Waals surface area (Å²) in [6, 6.07) is 3.12. The highest BCUT2D eigenvalue weighted by Crippen LogP contribution is 2.33. The highest BCUT2D eigenvalue weighted by atomic mass is 32.2. The molecule has 3 rings (SSSR count). The molecule has 29 heavy (non-hydrogen) atoms. The van der Waals surface area contributed by atoms with Gasteiger partial charge in [-0.1, -0.05) is 6.07 Å². The molecule has 1 aromatic carbocycles. The van der Waals surface area contributed by atoms with Crippen LogP contribution in [-0.2, 0) is 14.8 Å². The van der Waals surface area contributed by atoms with Gasteiger partial charge in [0.25, 0.3) is 0 Å². The van der Waals surface area contributed by atoms with Crippen LogP contribution in [0, 0.1) is 12.7 Å². The Morgan fingerprint density at radius 2 is 2.03 bits per heavy atom. The predicted octanol–water partition coefficient (Wildman–Crippen LogP) is 0.970. The first-order valence-electron chi connectivity index (χ1n) is 9.87. The Balaban J connectivity index is 1.66. The Morgan fingerprint density at radius 3 is 2.69 bits per heavy atom. The van der Waals surface area contributed by atoms with Gasteiger partial charge in [0.15, 0.2) is 0 Å². The standard InChI is InChI=1S/C19H29FN4O4S/c1-14-12-15(20)2-3-17(14)18-13-16(4-5-24(18)19(21)25)22-29(26,27)11-8-23-6-9-28-10-7-23/h2-3,12,16,18,22H,4-11,13H2,1H3,(H2,21,25). The lowest BCUT2D eigenvalue weighted by molar-refractivity contribution is 0.0407. The van der Waals surface area contributed by atoms with Crippen LogP contribution in [-0.4, -0.2) is 75.4 Å². The Hall–Kier alpha value is -1.75. The fourth-order valence-corrected chi connectivity index (χ4v) is 5.37. The van der Waals surface area contributed by atoms with E-state index in [4.69, 9.17) is 10.5 Å². The number of nitrogens with two attached hydrogens (primary N) is 1. The molecule has 2 aliphatic rings. The van der Waals surface area contributed by atoms with Gasteiger partial charge in [0.05, 0.1) is 25.0 Å². The fraction of sp³-hybridized carbons (Fsp3) is 0.632. The maximum Gasteiger partial charge on any atom is 0.315 e. The maximum absolute atomic E-state index is 13.5. The molecule has 0 aromatic heterocycles. The normalized spacial score (nSPS) is 23.9. The predicted molar refractivity (Wildman–Crippen MR) is 107 cm³/mol. The van der Waals surface area contributed by atoms with Gasteiger partial charge in [-0.25, -0.2) is 22.3 Å². The molecule has 2 atom stereocenters. The van der Waals surface area contributed by atoms with E-state index in [0.29, 0.717) is 44.7 Å². The number of rotatable bonds is 6. The summed E-state index contributed by atoms with van der Waals surface area (Å²) in [5.74, 6) is -0.337. The number of halogens is 1. The van der Waals surface area contributed by atoms with Crippen LogP contribution >= 0.6 is 0 Å². The molecule has 0 bridgehead atoms. The Kier molecular flexibility index (Phi) is 7.10. The Labute approximate surface area is 171 Å². The molecule has 1 aromatic rings. The van der Waals surface area contributed by atoms with Gasteiger partial charge in [-0.3, -0.25) is 4.90 Å². The zero-order valence-electron chi connectivity index (χ0n) is 16.6. The molecule has 8 nitrogen and oxygen atoms in total. The number of carbonyl (C=O) groups is 1. The number of amides is 2. The van der Waals surface area contributed by atoms with Crippen LogP contribution < -0.4 is 10.5 Å². The third-order valence-corrected chi connectivity index (χ3v) is 7.02. The second-order valence-corrected chi connectivity index (χ2v) is 9.53. The van der Waals surface area contributed by atoms with E-state index in [1.165, 1.54) is 17.0 Å². The molecule has 2 saturated heterocycles. The van der Waals surface area contributed by atoms with Crippen LogP contribution in [0.5, 0.6) is 0 Å². The molecule has 2 amide bonds. The van der Waals surface area contributed by atoms with Crippen LogP contribution in [0.4, 0.5) is 9.18 Å². The van der Waals surface area contributed by atoms with Gasteiger partial charge in [0.2, 0.25) is 10.0 Å². The van der Waals surface area contributed by atoms with Crippen molar-refractivity contribution in [3.8, 4) is 0 Å². The first-order chi connectivity index (χ1) is 13.7. The Bertz CT molecular complexity index is 829. The smallest absolute Gasteiger partial charge is 0.315 e. The number of carbonyl (C=O) groups excluding carboxylic acids is 1. The van der Waals surface area contributed by atoms with Crippen molar-refractivity contribution >= 4 is 16.1 Å². The quantitative estimate of drug-likeness (QED) is 0.703. The number of piperidine rings is 1. The molecule has 2 fully saturated rings. The number of benzene rings is 1. The highest BCUT2D eigenvalue weighted by molar-refractivity contribution is 7.89. The van der Waals surface area contributed by atoms with Crippen molar-refractivity contribution in [3.63, 3.8) is 0 Å². The number of urea groups is 1. The fourth-order valence-electron chi connectivity index (χ4n) is 4.03. The summed E-state index contributed by atoms with van der Waals surface area (Å²) in [6.07, 6.45) is 0.878. The second-order valence-electron chi connectivity index (χ2n) is 7.66. The third-order valence-electron chi connectivity index (χ3n) is 5.60. The number of morpholine rings is 1. The number of likely N-dealkylation sites (tertiary alicyclic amines) is 1. The summed E-state index contributed by atoms with van der Waals surface area (Å²) in [4.78, 5) is 15.5. The molecule has 0 aliphatic carbocycles. The summed E-state index contributed by atoms with van der Waals surface area (Å²) >= 11 is 0. The van der Waals surface area contributed by atoms with Crippen molar-refractivity contribution in [3.05, 3.63) is 35.1 Å². The van der Waals surface area contributed by atoms with Gasteiger partial charge in [0.1, 0.15) is 5.82 Å². The molecule has 3 N–H and O–H groups in total. The van der Waals surface area contributed by atoms with E-state index < -0.39 is 22.1 Å². The molecule has 2 aliphatic heterocycles. The van der Waals surface area contributed by atoms with Crippen molar-refractivity contribution < 1.29 is 22.3 Å². The van der Waals surface area contributed by atoms with E-state index in [9.17, 15) is 17.6 Å².